The van der Waals surface area contributed by atoms with E-state index in [2.05, 4.69) is 12.2 Å². The lowest BCUT2D eigenvalue weighted by molar-refractivity contribution is 0.259. The SMILES string of the molecule is CC1CNC(C)(C2CC2)CN1c1cc(F)cc(F)c1F. The van der Waals surface area contributed by atoms with Gasteiger partial charge in [-0.1, -0.05) is 0 Å². The van der Waals surface area contributed by atoms with E-state index < -0.39 is 17.5 Å². The Balaban J connectivity index is 1.95. The second-order valence-electron chi connectivity index (χ2n) is 6.27. The molecule has 5 heteroatoms. The zero-order valence-electron chi connectivity index (χ0n) is 11.7. The van der Waals surface area contributed by atoms with Gasteiger partial charge in [-0.05, 0) is 32.6 Å². The Labute approximate surface area is 117 Å². The van der Waals surface area contributed by atoms with E-state index in [1.54, 1.807) is 4.90 Å². The van der Waals surface area contributed by atoms with Gasteiger partial charge in [0.25, 0.3) is 0 Å². The van der Waals surface area contributed by atoms with Crippen molar-refractivity contribution in [3.63, 3.8) is 0 Å². The van der Waals surface area contributed by atoms with Crippen molar-refractivity contribution in [2.75, 3.05) is 18.0 Å². The average Bonchev–Trinajstić information content (AvgIpc) is 3.22. The third-order valence-electron chi connectivity index (χ3n) is 4.59. The quantitative estimate of drug-likeness (QED) is 0.840. The van der Waals surface area contributed by atoms with Gasteiger partial charge in [0, 0.05) is 36.8 Å². The molecule has 110 valence electrons. The van der Waals surface area contributed by atoms with Crippen molar-refractivity contribution in [2.24, 2.45) is 5.92 Å². The van der Waals surface area contributed by atoms with Gasteiger partial charge in [0.05, 0.1) is 5.69 Å². The summed E-state index contributed by atoms with van der Waals surface area (Å²) in [5.41, 5.74) is -0.0785. The number of nitrogens with one attached hydrogen (secondary N) is 1. The number of hydrogen-bond donors (Lipinski definition) is 1. The third-order valence-corrected chi connectivity index (χ3v) is 4.59. The molecule has 0 amide bonds. The van der Waals surface area contributed by atoms with Crippen LogP contribution in [0.15, 0.2) is 12.1 Å². The first-order valence-corrected chi connectivity index (χ1v) is 7.07. The Morgan fingerprint density at radius 1 is 1.25 bits per heavy atom. The minimum atomic E-state index is -1.13. The van der Waals surface area contributed by atoms with Crippen molar-refractivity contribution in [3.05, 3.63) is 29.6 Å². The van der Waals surface area contributed by atoms with E-state index in [9.17, 15) is 13.2 Å². The molecule has 1 aromatic carbocycles. The fraction of sp³-hybridized carbons (Fsp3) is 0.600. The van der Waals surface area contributed by atoms with Gasteiger partial charge in [-0.25, -0.2) is 13.2 Å². The predicted molar refractivity (Wildman–Crippen MR) is 72.3 cm³/mol. The molecular formula is C15H19F3N2. The maximum atomic E-state index is 14.0. The van der Waals surface area contributed by atoms with Crippen LogP contribution in [0.3, 0.4) is 0 Å². The topological polar surface area (TPSA) is 15.3 Å². The first kappa shape index (κ1) is 13.7. The van der Waals surface area contributed by atoms with Crippen LogP contribution in [0.25, 0.3) is 0 Å². The molecule has 1 saturated carbocycles. The molecule has 0 bridgehead atoms. The lowest BCUT2D eigenvalue weighted by Gasteiger charge is -2.46. The molecule has 1 heterocycles. The summed E-state index contributed by atoms with van der Waals surface area (Å²) in [4.78, 5) is 1.79. The second-order valence-corrected chi connectivity index (χ2v) is 6.27. The van der Waals surface area contributed by atoms with E-state index >= 15 is 0 Å². The summed E-state index contributed by atoms with van der Waals surface area (Å²) in [5.74, 6) is -2.26. The van der Waals surface area contributed by atoms with Gasteiger partial charge in [-0.2, -0.15) is 0 Å². The largest absolute Gasteiger partial charge is 0.363 e. The molecule has 2 nitrogen and oxygen atoms in total. The second kappa shape index (κ2) is 4.65. The van der Waals surface area contributed by atoms with E-state index in [4.69, 9.17) is 0 Å². The van der Waals surface area contributed by atoms with Crippen LogP contribution in [0.1, 0.15) is 26.7 Å². The normalized spacial score (nSPS) is 30.6. The standard InChI is InChI=1S/C15H19F3N2/c1-9-7-19-15(2,10-3-4-10)8-20(9)13-6-11(16)5-12(17)14(13)18/h5-6,9-10,19H,3-4,7-8H2,1-2H3. The number of rotatable bonds is 2. The molecule has 1 aliphatic carbocycles. The van der Waals surface area contributed by atoms with E-state index in [0.29, 0.717) is 25.1 Å². The van der Waals surface area contributed by atoms with Crippen LogP contribution in [-0.2, 0) is 0 Å². The maximum absolute atomic E-state index is 14.0. The van der Waals surface area contributed by atoms with Crippen LogP contribution in [0.2, 0.25) is 0 Å². The van der Waals surface area contributed by atoms with E-state index in [1.807, 2.05) is 6.92 Å². The molecule has 1 aromatic rings. The van der Waals surface area contributed by atoms with Gasteiger partial charge in [-0.3, -0.25) is 0 Å². The van der Waals surface area contributed by atoms with Crippen LogP contribution < -0.4 is 10.2 Å². The van der Waals surface area contributed by atoms with Crippen LogP contribution in [0.4, 0.5) is 18.9 Å². The maximum Gasteiger partial charge on any atom is 0.182 e. The number of benzene rings is 1. The highest BCUT2D eigenvalue weighted by molar-refractivity contribution is 5.51. The predicted octanol–water partition coefficient (Wildman–Crippen LogP) is 3.07. The minimum Gasteiger partial charge on any atom is -0.363 e. The molecule has 1 saturated heterocycles. The van der Waals surface area contributed by atoms with Crippen molar-refractivity contribution in [2.45, 2.75) is 38.3 Å². The third kappa shape index (κ3) is 2.28. The average molecular weight is 284 g/mol. The summed E-state index contributed by atoms with van der Waals surface area (Å²) in [6.07, 6.45) is 2.32. The first-order chi connectivity index (χ1) is 9.40. The molecule has 2 unspecified atom stereocenters. The monoisotopic (exact) mass is 284 g/mol. The van der Waals surface area contributed by atoms with Crippen molar-refractivity contribution in [3.8, 4) is 0 Å². The fourth-order valence-electron chi connectivity index (χ4n) is 3.12. The molecule has 1 N–H and O–H groups in total. The van der Waals surface area contributed by atoms with Gasteiger partial charge in [0.15, 0.2) is 11.6 Å². The van der Waals surface area contributed by atoms with Crippen molar-refractivity contribution in [1.29, 1.82) is 0 Å². The molecule has 0 radical (unpaired) electrons. The molecule has 2 fully saturated rings. The number of anilines is 1. The van der Waals surface area contributed by atoms with Gasteiger partial charge in [0.2, 0.25) is 0 Å². The van der Waals surface area contributed by atoms with Gasteiger partial charge < -0.3 is 10.2 Å². The molecule has 2 atom stereocenters. The minimum absolute atomic E-state index is 0.00229. The lowest BCUT2D eigenvalue weighted by atomic mass is 9.91. The van der Waals surface area contributed by atoms with Gasteiger partial charge in [0.1, 0.15) is 5.82 Å². The molecule has 2 aliphatic rings. The van der Waals surface area contributed by atoms with Gasteiger partial charge >= 0.3 is 0 Å². The molecule has 20 heavy (non-hydrogen) atoms. The summed E-state index contributed by atoms with van der Waals surface area (Å²) < 4.78 is 40.8. The number of hydrogen-bond acceptors (Lipinski definition) is 2. The van der Waals surface area contributed by atoms with Crippen molar-refractivity contribution in [1.82, 2.24) is 5.32 Å². The smallest absolute Gasteiger partial charge is 0.182 e. The Kier molecular flexibility index (Phi) is 3.20. The van der Waals surface area contributed by atoms with E-state index in [0.717, 1.165) is 18.9 Å². The zero-order chi connectivity index (χ0) is 14.5. The Morgan fingerprint density at radius 3 is 2.60 bits per heavy atom. The van der Waals surface area contributed by atoms with Crippen molar-refractivity contribution < 1.29 is 13.2 Å². The summed E-state index contributed by atoms with van der Waals surface area (Å²) in [6, 6.07) is 1.68. The van der Waals surface area contributed by atoms with E-state index in [-0.39, 0.29) is 17.3 Å². The Bertz CT molecular complexity index is 530. The summed E-state index contributed by atoms with van der Waals surface area (Å²) in [6.45, 7) is 5.29. The first-order valence-electron chi connectivity index (χ1n) is 7.07. The zero-order valence-corrected chi connectivity index (χ0v) is 11.7. The summed E-state index contributed by atoms with van der Waals surface area (Å²) >= 11 is 0. The van der Waals surface area contributed by atoms with E-state index in [1.165, 1.54) is 0 Å². The molecule has 3 rings (SSSR count). The Morgan fingerprint density at radius 2 is 1.95 bits per heavy atom. The highest BCUT2D eigenvalue weighted by atomic mass is 19.2. The summed E-state index contributed by atoms with van der Waals surface area (Å²) in [7, 11) is 0. The Hall–Kier alpha value is -1.23. The highest BCUT2D eigenvalue weighted by Gasteiger charge is 2.45. The van der Waals surface area contributed by atoms with Gasteiger partial charge in [-0.15, -0.1) is 0 Å². The summed E-state index contributed by atoms with van der Waals surface area (Å²) in [5, 5.41) is 3.50. The van der Waals surface area contributed by atoms with Crippen LogP contribution in [-0.4, -0.2) is 24.7 Å². The lowest BCUT2D eigenvalue weighted by Crippen LogP contribution is -2.63. The number of piperazine rings is 1. The van der Waals surface area contributed by atoms with Crippen LogP contribution >= 0.6 is 0 Å². The van der Waals surface area contributed by atoms with Crippen LogP contribution in [0.5, 0.6) is 0 Å². The molecule has 1 aliphatic heterocycles. The van der Waals surface area contributed by atoms with Crippen LogP contribution in [0, 0.1) is 23.4 Å². The van der Waals surface area contributed by atoms with Crippen molar-refractivity contribution >= 4 is 5.69 Å². The number of nitrogens with zero attached hydrogens (tertiary/aromatic N) is 1. The molecule has 0 aromatic heterocycles. The fourth-order valence-corrected chi connectivity index (χ4v) is 3.12. The number of halogens is 3. The molecule has 0 spiro atoms. The highest BCUT2D eigenvalue weighted by Crippen LogP contribution is 2.42. The molecular weight excluding hydrogens is 265 g/mol.